The second-order valence-electron chi connectivity index (χ2n) is 17.2. The lowest BCUT2D eigenvalue weighted by Gasteiger charge is -2.38. The fourth-order valence-electron chi connectivity index (χ4n) is 5.78. The molecule has 0 aromatic heterocycles. The first-order chi connectivity index (χ1) is 21.6. The number of nitrogens with one attached hydrogen (secondary N) is 3. The number of thioether (sulfide) groups is 1. The minimum atomic E-state index is -0.560. The molecule has 1 saturated heterocycles. The lowest BCUT2D eigenvalue weighted by molar-refractivity contribution is -0.00650. The molecule has 1 heterocycles. The van der Waals surface area contributed by atoms with Crippen LogP contribution in [0.15, 0.2) is 24.3 Å². The van der Waals surface area contributed by atoms with Crippen molar-refractivity contribution in [2.24, 2.45) is 0 Å². The summed E-state index contributed by atoms with van der Waals surface area (Å²) in [5, 5.41) is 33.2. The molecule has 0 radical (unpaired) electrons. The zero-order chi connectivity index (χ0) is 35.4. The van der Waals surface area contributed by atoms with Gasteiger partial charge in [0.15, 0.2) is 0 Å². The van der Waals surface area contributed by atoms with Gasteiger partial charge in [-0.15, -0.1) is 11.8 Å². The van der Waals surface area contributed by atoms with Gasteiger partial charge in [0, 0.05) is 22.3 Å². The molecular weight excluding hydrogens is 607 g/mol. The summed E-state index contributed by atoms with van der Waals surface area (Å²) in [4.78, 5) is 0. The van der Waals surface area contributed by atoms with Crippen molar-refractivity contribution < 1.29 is 19.7 Å². The Hall–Kier alpha value is -2.13. The molecule has 0 saturated carbocycles. The maximum absolute atomic E-state index is 11.3. The van der Waals surface area contributed by atoms with Gasteiger partial charge >= 0.3 is 0 Å². The molecule has 1 aliphatic rings. The largest absolute Gasteiger partial charge is 0.507 e. The first-order valence-electron chi connectivity index (χ1n) is 17.6. The van der Waals surface area contributed by atoms with Crippen LogP contribution in [-0.4, -0.2) is 34.2 Å². The van der Waals surface area contributed by atoms with E-state index in [0.29, 0.717) is 23.0 Å². The number of hydrogen-bond acceptors (Lipinski definition) is 8. The topological polar surface area (TPSA) is 95.0 Å². The molecule has 0 bridgehead atoms. The molecule has 8 heteroatoms. The highest BCUT2D eigenvalue weighted by Gasteiger charge is 2.33. The lowest BCUT2D eigenvalue weighted by Crippen LogP contribution is -2.69. The standard InChI is InChI=1S/C39H65N3O4S/c1-14-15-16-17-18-19-20-47-35-41-33(45-25-21-27(36(2,3)4)31(43)28(22-25)37(5,6)7)40-34(42-35)46-26-23-29(38(8,9)10)32(44)30(24-26)39(11,12)13/h21-24,33-35,40-44H,14-20H2,1-13H3. The van der Waals surface area contributed by atoms with Crippen LogP contribution in [0.2, 0.25) is 0 Å². The van der Waals surface area contributed by atoms with E-state index < -0.39 is 12.7 Å². The van der Waals surface area contributed by atoms with Crippen molar-refractivity contribution in [2.75, 3.05) is 5.75 Å². The fourth-order valence-corrected chi connectivity index (χ4v) is 6.83. The van der Waals surface area contributed by atoms with Gasteiger partial charge in [-0.2, -0.15) is 0 Å². The second-order valence-corrected chi connectivity index (χ2v) is 18.5. The third-order valence-electron chi connectivity index (χ3n) is 8.60. The van der Waals surface area contributed by atoms with E-state index in [2.05, 4.69) is 106 Å². The predicted octanol–water partition coefficient (Wildman–Crippen LogP) is 9.47. The van der Waals surface area contributed by atoms with Crippen LogP contribution in [0.25, 0.3) is 0 Å². The van der Waals surface area contributed by atoms with Crippen molar-refractivity contribution in [3.63, 3.8) is 0 Å². The van der Waals surface area contributed by atoms with Gasteiger partial charge in [0.1, 0.15) is 28.5 Å². The number of benzene rings is 2. The van der Waals surface area contributed by atoms with Crippen LogP contribution in [0, 0.1) is 0 Å². The normalized spacial score (nSPS) is 19.6. The van der Waals surface area contributed by atoms with Crippen LogP contribution in [0.1, 0.15) is 151 Å². The van der Waals surface area contributed by atoms with Crippen molar-refractivity contribution in [1.82, 2.24) is 16.0 Å². The number of ether oxygens (including phenoxy) is 2. The molecule has 0 spiro atoms. The Kier molecular flexibility index (Phi) is 13.1. The molecule has 1 fully saturated rings. The Morgan fingerprint density at radius 1 is 0.553 bits per heavy atom. The third-order valence-corrected chi connectivity index (χ3v) is 9.73. The molecule has 5 N–H and O–H groups in total. The fraction of sp³-hybridized carbons (Fsp3) is 0.692. The quantitative estimate of drug-likeness (QED) is 0.143. The molecule has 1 aliphatic heterocycles. The molecule has 266 valence electrons. The molecule has 2 unspecified atom stereocenters. The summed E-state index contributed by atoms with van der Waals surface area (Å²) in [6, 6.07) is 7.82. The first kappa shape index (κ1) is 39.3. The van der Waals surface area contributed by atoms with Crippen LogP contribution in [0.4, 0.5) is 0 Å². The van der Waals surface area contributed by atoms with Gasteiger partial charge in [-0.25, -0.2) is 16.0 Å². The van der Waals surface area contributed by atoms with Crippen LogP contribution in [-0.2, 0) is 21.7 Å². The summed E-state index contributed by atoms with van der Waals surface area (Å²) in [6.45, 7) is 27.5. The molecule has 2 atom stereocenters. The van der Waals surface area contributed by atoms with E-state index in [1.807, 2.05) is 36.0 Å². The second kappa shape index (κ2) is 15.6. The Bertz CT molecular complexity index is 1160. The maximum atomic E-state index is 11.3. The average molecular weight is 672 g/mol. The average Bonchev–Trinajstić information content (AvgIpc) is 2.91. The molecule has 0 aliphatic carbocycles. The summed E-state index contributed by atoms with van der Waals surface area (Å²) >= 11 is 1.82. The van der Waals surface area contributed by atoms with Gasteiger partial charge in [-0.1, -0.05) is 122 Å². The predicted molar refractivity (Wildman–Crippen MR) is 199 cm³/mol. The number of aromatic hydroxyl groups is 2. The molecule has 2 aromatic rings. The minimum absolute atomic E-state index is 0.121. The molecular formula is C39H65N3O4S. The summed E-state index contributed by atoms with van der Waals surface area (Å²) in [5.41, 5.74) is 2.20. The van der Waals surface area contributed by atoms with Gasteiger partial charge in [0.25, 0.3) is 0 Å². The zero-order valence-corrected chi connectivity index (χ0v) is 32.4. The van der Waals surface area contributed by atoms with Crippen LogP contribution in [0.5, 0.6) is 23.0 Å². The van der Waals surface area contributed by atoms with Crippen molar-refractivity contribution >= 4 is 11.8 Å². The van der Waals surface area contributed by atoms with Crippen molar-refractivity contribution in [1.29, 1.82) is 0 Å². The smallest absolute Gasteiger partial charge is 0.212 e. The van der Waals surface area contributed by atoms with E-state index in [-0.39, 0.29) is 27.2 Å². The lowest BCUT2D eigenvalue weighted by atomic mass is 9.79. The zero-order valence-electron chi connectivity index (χ0n) is 31.6. The summed E-state index contributed by atoms with van der Waals surface area (Å²) in [7, 11) is 0. The Morgan fingerprint density at radius 2 is 0.894 bits per heavy atom. The monoisotopic (exact) mass is 671 g/mol. The Morgan fingerprint density at radius 3 is 1.23 bits per heavy atom. The Balaban J connectivity index is 1.92. The van der Waals surface area contributed by atoms with Crippen molar-refractivity contribution in [3.8, 4) is 23.0 Å². The van der Waals surface area contributed by atoms with E-state index in [0.717, 1.165) is 34.4 Å². The van der Waals surface area contributed by atoms with Gasteiger partial charge in [-0.3, -0.25) is 0 Å². The molecule has 2 aromatic carbocycles. The van der Waals surface area contributed by atoms with E-state index in [1.54, 1.807) is 0 Å². The number of rotatable bonds is 12. The highest BCUT2D eigenvalue weighted by Crippen LogP contribution is 2.43. The molecule has 0 amide bonds. The van der Waals surface area contributed by atoms with Gasteiger partial charge in [0.05, 0.1) is 0 Å². The van der Waals surface area contributed by atoms with Crippen molar-refractivity contribution in [2.45, 2.75) is 168 Å². The first-order valence-corrected chi connectivity index (χ1v) is 18.6. The van der Waals surface area contributed by atoms with Crippen LogP contribution in [0.3, 0.4) is 0 Å². The molecule has 47 heavy (non-hydrogen) atoms. The Labute approximate surface area is 290 Å². The van der Waals surface area contributed by atoms with Gasteiger partial charge < -0.3 is 19.7 Å². The molecule has 3 rings (SSSR count). The summed E-state index contributed by atoms with van der Waals surface area (Å²) in [5.74, 6) is 3.03. The van der Waals surface area contributed by atoms with Crippen LogP contribution < -0.4 is 25.4 Å². The number of hydrogen-bond donors (Lipinski definition) is 5. The highest BCUT2D eigenvalue weighted by atomic mass is 32.2. The SMILES string of the molecule is CCCCCCCCSC1NC(Oc2cc(C(C)(C)C)c(O)c(C(C)(C)C)c2)NC(Oc2cc(C(C)(C)C)c(O)c(C(C)(C)C)c2)N1. The van der Waals surface area contributed by atoms with E-state index in [9.17, 15) is 10.2 Å². The summed E-state index contributed by atoms with van der Waals surface area (Å²) in [6.07, 6.45) is 6.40. The van der Waals surface area contributed by atoms with E-state index >= 15 is 0 Å². The number of phenols is 2. The summed E-state index contributed by atoms with van der Waals surface area (Å²) < 4.78 is 13.2. The number of unbranched alkanes of at least 4 members (excludes halogenated alkanes) is 5. The van der Waals surface area contributed by atoms with Crippen molar-refractivity contribution in [3.05, 3.63) is 46.5 Å². The maximum Gasteiger partial charge on any atom is 0.212 e. The van der Waals surface area contributed by atoms with Crippen LogP contribution >= 0.6 is 11.8 Å². The van der Waals surface area contributed by atoms with Gasteiger partial charge in [-0.05, 0) is 58.1 Å². The van der Waals surface area contributed by atoms with E-state index in [4.69, 9.17) is 9.47 Å². The minimum Gasteiger partial charge on any atom is -0.507 e. The number of phenolic OH excluding ortho intramolecular Hbond substituents is 2. The van der Waals surface area contributed by atoms with E-state index in [1.165, 1.54) is 32.1 Å². The highest BCUT2D eigenvalue weighted by molar-refractivity contribution is 7.99. The van der Waals surface area contributed by atoms with Gasteiger partial charge in [0.2, 0.25) is 12.7 Å². The third kappa shape index (κ3) is 11.2. The molecule has 7 nitrogen and oxygen atoms in total.